The first-order valence-electron chi connectivity index (χ1n) is 7.55. The molecule has 0 unspecified atom stereocenters. The summed E-state index contributed by atoms with van der Waals surface area (Å²) in [6.45, 7) is 4.29. The molecule has 25 heavy (non-hydrogen) atoms. The first kappa shape index (κ1) is 16.2. The number of carbonyl (C=O) groups is 1. The highest BCUT2D eigenvalue weighted by Gasteiger charge is 2.17. The van der Waals surface area contributed by atoms with Crippen LogP contribution in [0.1, 0.15) is 10.4 Å². The number of hydrogen-bond acceptors (Lipinski definition) is 8. The highest BCUT2D eigenvalue weighted by molar-refractivity contribution is 8.00. The molecule has 3 heterocycles. The van der Waals surface area contributed by atoms with Crippen molar-refractivity contribution in [2.24, 2.45) is 0 Å². The average Bonchev–Trinajstić information content (AvgIpc) is 3.17. The number of benzene rings is 1. The minimum atomic E-state index is -0.347. The molecule has 0 aliphatic carbocycles. The second kappa shape index (κ2) is 6.53. The van der Waals surface area contributed by atoms with Crippen LogP contribution in [0.25, 0.3) is 10.2 Å². The smallest absolute Gasteiger partial charge is 0.321 e. The van der Waals surface area contributed by atoms with Crippen molar-refractivity contribution in [2.45, 2.75) is 18.9 Å². The summed E-state index contributed by atoms with van der Waals surface area (Å²) >= 11 is 2.99. The first-order valence-corrected chi connectivity index (χ1v) is 9.36. The Hall–Kier alpha value is -2.32. The third-order valence-corrected chi connectivity index (χ3v) is 5.91. The summed E-state index contributed by atoms with van der Waals surface area (Å²) in [7, 11) is 0. The number of aryl methyl sites for hydroxylation is 2. The summed E-state index contributed by atoms with van der Waals surface area (Å²) in [6, 6.07) is 5.06. The van der Waals surface area contributed by atoms with Gasteiger partial charge in [0.05, 0.1) is 5.75 Å². The molecule has 0 spiro atoms. The first-order chi connectivity index (χ1) is 12.1. The van der Waals surface area contributed by atoms with Gasteiger partial charge in [-0.15, -0.1) is 11.3 Å². The van der Waals surface area contributed by atoms with Gasteiger partial charge in [-0.05, 0) is 31.5 Å². The van der Waals surface area contributed by atoms with Crippen molar-refractivity contribution in [3.8, 4) is 17.2 Å². The fraction of sp³-hybridized carbons (Fsp3) is 0.235. The number of thiophene rings is 1. The summed E-state index contributed by atoms with van der Waals surface area (Å²) in [5, 5.41) is 1.82. The molecule has 0 bridgehead atoms. The molecule has 6 nitrogen and oxygen atoms in total. The number of nitrogens with zero attached hydrogens (tertiary/aromatic N) is 2. The fourth-order valence-electron chi connectivity index (χ4n) is 2.49. The van der Waals surface area contributed by atoms with E-state index in [4.69, 9.17) is 14.2 Å². The van der Waals surface area contributed by atoms with Gasteiger partial charge in [-0.3, -0.25) is 4.79 Å². The molecule has 0 fully saturated rings. The second-order valence-corrected chi connectivity index (χ2v) is 7.59. The van der Waals surface area contributed by atoms with Gasteiger partial charge in [0.25, 0.3) is 0 Å². The van der Waals surface area contributed by atoms with Gasteiger partial charge >= 0.3 is 5.97 Å². The van der Waals surface area contributed by atoms with Gasteiger partial charge in [0.1, 0.15) is 21.9 Å². The molecule has 128 valence electrons. The number of thioether (sulfide) groups is 1. The highest BCUT2D eigenvalue weighted by Crippen LogP contribution is 2.36. The predicted octanol–water partition coefficient (Wildman–Crippen LogP) is 3.73. The molecule has 1 aliphatic heterocycles. The molecule has 2 aromatic heterocycles. The maximum Gasteiger partial charge on any atom is 0.321 e. The van der Waals surface area contributed by atoms with Gasteiger partial charge < -0.3 is 14.2 Å². The Morgan fingerprint density at radius 3 is 3.00 bits per heavy atom. The van der Waals surface area contributed by atoms with Gasteiger partial charge in [0.2, 0.25) is 6.79 Å². The van der Waals surface area contributed by atoms with E-state index in [9.17, 15) is 4.79 Å². The van der Waals surface area contributed by atoms with E-state index in [0.29, 0.717) is 17.2 Å². The van der Waals surface area contributed by atoms with E-state index >= 15 is 0 Å². The molecule has 0 saturated heterocycles. The number of ether oxygens (including phenoxy) is 3. The zero-order chi connectivity index (χ0) is 17.4. The molecule has 0 saturated carbocycles. The lowest BCUT2D eigenvalue weighted by Gasteiger charge is -2.06. The van der Waals surface area contributed by atoms with E-state index in [0.717, 1.165) is 20.8 Å². The fourth-order valence-corrected chi connectivity index (χ4v) is 4.38. The molecule has 0 N–H and O–H groups in total. The maximum absolute atomic E-state index is 12.2. The monoisotopic (exact) mass is 374 g/mol. The lowest BCUT2D eigenvalue weighted by atomic mass is 10.2. The Labute approximate surface area is 152 Å². The van der Waals surface area contributed by atoms with E-state index in [-0.39, 0.29) is 18.5 Å². The van der Waals surface area contributed by atoms with Crippen molar-refractivity contribution in [2.75, 3.05) is 12.5 Å². The van der Waals surface area contributed by atoms with Gasteiger partial charge in [-0.1, -0.05) is 11.8 Å². The van der Waals surface area contributed by atoms with Crippen LogP contribution in [-0.4, -0.2) is 28.5 Å². The Kier molecular flexibility index (Phi) is 4.22. The molecule has 0 radical (unpaired) electrons. The number of fused-ring (bicyclic) bond motifs is 2. The van der Waals surface area contributed by atoms with E-state index < -0.39 is 0 Å². The number of rotatable bonds is 4. The summed E-state index contributed by atoms with van der Waals surface area (Å²) < 4.78 is 15.9. The maximum atomic E-state index is 12.2. The predicted molar refractivity (Wildman–Crippen MR) is 95.8 cm³/mol. The number of aromatic nitrogens is 2. The van der Waals surface area contributed by atoms with E-state index in [1.54, 1.807) is 29.5 Å². The van der Waals surface area contributed by atoms with Crippen LogP contribution in [-0.2, 0) is 4.79 Å². The summed E-state index contributed by atoms with van der Waals surface area (Å²) in [5.74, 6) is 1.49. The van der Waals surface area contributed by atoms with Crippen molar-refractivity contribution in [1.82, 2.24) is 9.97 Å². The van der Waals surface area contributed by atoms with Crippen LogP contribution in [0.4, 0.5) is 0 Å². The van der Waals surface area contributed by atoms with E-state index in [2.05, 4.69) is 16.9 Å². The molecule has 3 aromatic rings. The van der Waals surface area contributed by atoms with Crippen LogP contribution < -0.4 is 14.2 Å². The lowest BCUT2D eigenvalue weighted by Crippen LogP contribution is -2.10. The number of esters is 1. The van der Waals surface area contributed by atoms with Crippen molar-refractivity contribution in [3.63, 3.8) is 0 Å². The van der Waals surface area contributed by atoms with Gasteiger partial charge in [0.15, 0.2) is 11.5 Å². The average molecular weight is 374 g/mol. The van der Waals surface area contributed by atoms with Crippen LogP contribution >= 0.6 is 23.1 Å². The molecule has 8 heteroatoms. The summed E-state index contributed by atoms with van der Waals surface area (Å²) in [6.07, 6.45) is 1.53. The Balaban J connectivity index is 1.46. The van der Waals surface area contributed by atoms with Crippen molar-refractivity contribution >= 4 is 39.3 Å². The molecular weight excluding hydrogens is 360 g/mol. The van der Waals surface area contributed by atoms with Crippen LogP contribution in [0, 0.1) is 13.8 Å². The van der Waals surface area contributed by atoms with Crippen molar-refractivity contribution in [3.05, 3.63) is 35.0 Å². The Morgan fingerprint density at radius 1 is 1.28 bits per heavy atom. The summed E-state index contributed by atoms with van der Waals surface area (Å²) in [4.78, 5) is 22.9. The third-order valence-electron chi connectivity index (χ3n) is 3.83. The van der Waals surface area contributed by atoms with Crippen LogP contribution in [0.2, 0.25) is 0 Å². The number of carbonyl (C=O) groups excluding carboxylic acids is 1. The van der Waals surface area contributed by atoms with Crippen LogP contribution in [0.3, 0.4) is 0 Å². The molecule has 1 aromatic carbocycles. The highest BCUT2D eigenvalue weighted by atomic mass is 32.2. The van der Waals surface area contributed by atoms with Gasteiger partial charge in [-0.2, -0.15) is 0 Å². The van der Waals surface area contributed by atoms with Crippen LogP contribution in [0.5, 0.6) is 17.2 Å². The molecule has 0 amide bonds. The SMILES string of the molecule is Cc1sc2ncnc(SCC(=O)Oc3ccc4c(c3)OCO4)c2c1C. The van der Waals surface area contributed by atoms with Gasteiger partial charge in [-0.25, -0.2) is 9.97 Å². The minimum Gasteiger partial charge on any atom is -0.454 e. The number of hydrogen-bond donors (Lipinski definition) is 0. The summed E-state index contributed by atoms with van der Waals surface area (Å²) in [5.41, 5.74) is 1.16. The van der Waals surface area contributed by atoms with Crippen molar-refractivity contribution < 1.29 is 19.0 Å². The Bertz CT molecular complexity index is 971. The molecular formula is C17H14N2O4S2. The minimum absolute atomic E-state index is 0.162. The Morgan fingerprint density at radius 2 is 2.12 bits per heavy atom. The molecule has 0 atom stereocenters. The lowest BCUT2D eigenvalue weighted by molar-refractivity contribution is -0.131. The standard InChI is InChI=1S/C17H14N2O4S2/c1-9-10(2)25-17-15(9)16(18-7-19-17)24-6-14(20)23-11-3-4-12-13(5-11)22-8-21-12/h3-5,7H,6,8H2,1-2H3. The van der Waals surface area contributed by atoms with E-state index in [1.807, 2.05) is 6.92 Å². The zero-order valence-corrected chi connectivity index (χ0v) is 15.2. The zero-order valence-electron chi connectivity index (χ0n) is 13.6. The molecule has 4 rings (SSSR count). The quantitative estimate of drug-likeness (QED) is 0.298. The largest absolute Gasteiger partial charge is 0.454 e. The van der Waals surface area contributed by atoms with Gasteiger partial charge in [0, 0.05) is 16.3 Å². The van der Waals surface area contributed by atoms with E-state index in [1.165, 1.54) is 23.0 Å². The van der Waals surface area contributed by atoms with Crippen LogP contribution in [0.15, 0.2) is 29.6 Å². The normalized spacial score (nSPS) is 12.6. The topological polar surface area (TPSA) is 70.5 Å². The molecule has 1 aliphatic rings. The third kappa shape index (κ3) is 3.14. The van der Waals surface area contributed by atoms with Crippen molar-refractivity contribution in [1.29, 1.82) is 0 Å². The second-order valence-electron chi connectivity index (χ2n) is 5.42.